The molecule has 0 aromatic carbocycles. The molecule has 6 rings (SSSR count). The number of nitrogens with zero attached hydrogens (tertiary/aromatic N) is 1. The number of hydrogen-bond acceptors (Lipinski definition) is 5. The lowest BCUT2D eigenvalue weighted by Crippen LogP contribution is -2.60. The van der Waals surface area contributed by atoms with Crippen LogP contribution in [0.1, 0.15) is 91.9 Å². The van der Waals surface area contributed by atoms with Crippen LogP contribution < -0.4 is 10.6 Å². The molecule has 2 heterocycles. The lowest BCUT2D eigenvalue weighted by molar-refractivity contribution is -0.160. The quantitative estimate of drug-likeness (QED) is 0.558. The Morgan fingerprint density at radius 1 is 1.08 bits per heavy atom. The zero-order valence-corrected chi connectivity index (χ0v) is 24.9. The Hall–Kier alpha value is -0.980. The molecule has 214 valence electrons. The second-order valence-corrected chi connectivity index (χ2v) is 15.3. The Labute approximate surface area is 230 Å². The summed E-state index contributed by atoms with van der Waals surface area (Å²) in [4.78, 5) is 28.9. The van der Waals surface area contributed by atoms with Crippen LogP contribution in [0.4, 0.5) is 0 Å². The van der Waals surface area contributed by atoms with Gasteiger partial charge in [0.1, 0.15) is 11.5 Å². The number of carbonyl (C=O) groups excluding carboxylic acids is 2. The van der Waals surface area contributed by atoms with Gasteiger partial charge < -0.3 is 15.0 Å². The minimum Gasteiger partial charge on any atom is -0.357 e. The number of ether oxygens (including phenoxy) is 1. The average molecular weight is 528 g/mol. The predicted molar refractivity (Wildman–Crippen MR) is 149 cm³/mol. The third-order valence-corrected chi connectivity index (χ3v) is 13.2. The number of nitrogens with one attached hydrogen (secondary N) is 2. The lowest BCUT2D eigenvalue weighted by atomic mass is 9.44. The van der Waals surface area contributed by atoms with Crippen molar-refractivity contribution in [2.45, 2.75) is 110 Å². The van der Waals surface area contributed by atoms with Crippen molar-refractivity contribution in [3.8, 4) is 0 Å². The van der Waals surface area contributed by atoms with E-state index >= 15 is 0 Å². The van der Waals surface area contributed by atoms with E-state index in [1.165, 1.54) is 19.3 Å². The van der Waals surface area contributed by atoms with Crippen molar-refractivity contribution in [2.75, 3.05) is 27.2 Å². The third-order valence-electron chi connectivity index (χ3n) is 13.2. The molecule has 6 fully saturated rings. The highest BCUT2D eigenvalue weighted by Gasteiger charge is 2.71. The fourth-order valence-corrected chi connectivity index (χ4v) is 10.9. The van der Waals surface area contributed by atoms with Crippen molar-refractivity contribution in [1.82, 2.24) is 15.5 Å². The molecule has 12 atom stereocenters. The van der Waals surface area contributed by atoms with E-state index in [1.54, 1.807) is 0 Å². The van der Waals surface area contributed by atoms with Gasteiger partial charge in [0.25, 0.3) is 0 Å². The van der Waals surface area contributed by atoms with E-state index in [9.17, 15) is 9.59 Å². The van der Waals surface area contributed by atoms with Gasteiger partial charge in [-0.1, -0.05) is 27.7 Å². The van der Waals surface area contributed by atoms with E-state index in [2.05, 4.69) is 43.2 Å². The highest BCUT2D eigenvalue weighted by molar-refractivity contribution is 5.87. The van der Waals surface area contributed by atoms with E-state index < -0.39 is 0 Å². The van der Waals surface area contributed by atoms with Crippen LogP contribution in [0.5, 0.6) is 0 Å². The minimum absolute atomic E-state index is 0.191. The Balaban J connectivity index is 1.16. The average Bonchev–Trinajstić information content (AvgIpc) is 3.32. The number of piperidine rings is 1. The fourth-order valence-electron chi connectivity index (χ4n) is 10.9. The molecular weight excluding hydrogens is 474 g/mol. The van der Waals surface area contributed by atoms with Gasteiger partial charge in [-0.2, -0.15) is 0 Å². The van der Waals surface area contributed by atoms with E-state index in [0.717, 1.165) is 51.6 Å². The zero-order valence-electron chi connectivity index (χ0n) is 24.9. The van der Waals surface area contributed by atoms with Crippen molar-refractivity contribution in [3.05, 3.63) is 0 Å². The fraction of sp³-hybridized carbons (Fsp3) is 0.938. The molecule has 4 aliphatic carbocycles. The van der Waals surface area contributed by atoms with Crippen molar-refractivity contribution in [1.29, 1.82) is 0 Å². The van der Waals surface area contributed by atoms with Crippen LogP contribution in [0.2, 0.25) is 0 Å². The standard InChI is InChI=1S/C32H53N3O3/c1-19-9-13-32(33-18-19)20(2)29-26(38-32)16-25-23-8-7-21-15-22(34-28(37)11-14-35(5)6)10-12-30(21,3)24(23)17-27(36)31(25,29)4/h19-26,29,33H,7-18H2,1-6H3,(H,34,37)/t19-,20-,21+,22+,23+,24-,25-,26-,29-,30-,31+,32+/m0/s1. The molecule has 1 spiro atoms. The van der Waals surface area contributed by atoms with Crippen LogP contribution >= 0.6 is 0 Å². The van der Waals surface area contributed by atoms with E-state index in [-0.39, 0.29) is 28.6 Å². The van der Waals surface area contributed by atoms with Gasteiger partial charge in [-0.25, -0.2) is 0 Å². The van der Waals surface area contributed by atoms with E-state index in [1.807, 2.05) is 14.1 Å². The monoisotopic (exact) mass is 527 g/mol. The summed E-state index contributed by atoms with van der Waals surface area (Å²) in [6, 6.07) is 0.297. The first-order chi connectivity index (χ1) is 18.0. The van der Waals surface area contributed by atoms with Crippen molar-refractivity contribution in [3.63, 3.8) is 0 Å². The largest absolute Gasteiger partial charge is 0.357 e. The molecule has 2 aliphatic heterocycles. The summed E-state index contributed by atoms with van der Waals surface area (Å²) in [5, 5.41) is 7.17. The maximum absolute atomic E-state index is 14.3. The molecule has 0 aromatic heterocycles. The van der Waals surface area contributed by atoms with Gasteiger partial charge in [-0.05, 0) is 100 Å². The number of fused-ring (bicyclic) bond motifs is 7. The van der Waals surface area contributed by atoms with E-state index in [4.69, 9.17) is 4.74 Å². The van der Waals surface area contributed by atoms with Crippen LogP contribution in [0.15, 0.2) is 0 Å². The molecule has 1 amide bonds. The summed E-state index contributed by atoms with van der Waals surface area (Å²) in [5.74, 6) is 4.37. The normalized spacial score (nSPS) is 51.9. The summed E-state index contributed by atoms with van der Waals surface area (Å²) in [7, 11) is 4.04. The van der Waals surface area contributed by atoms with Crippen LogP contribution in [0, 0.1) is 52.3 Å². The maximum atomic E-state index is 14.3. The summed E-state index contributed by atoms with van der Waals surface area (Å²) in [6.45, 7) is 11.4. The van der Waals surface area contributed by atoms with Crippen molar-refractivity contribution in [2.24, 2.45) is 52.3 Å². The first-order valence-corrected chi connectivity index (χ1v) is 15.9. The highest BCUT2D eigenvalue weighted by Crippen LogP contribution is 2.70. The summed E-state index contributed by atoms with van der Waals surface area (Å²) < 4.78 is 6.97. The summed E-state index contributed by atoms with van der Waals surface area (Å²) in [6.07, 6.45) is 10.7. The molecule has 38 heavy (non-hydrogen) atoms. The molecule has 6 heteroatoms. The Morgan fingerprint density at radius 2 is 1.87 bits per heavy atom. The molecule has 2 N–H and O–H groups in total. The van der Waals surface area contributed by atoms with Crippen LogP contribution in [-0.2, 0) is 14.3 Å². The Kier molecular flexibility index (Phi) is 6.83. The summed E-state index contributed by atoms with van der Waals surface area (Å²) >= 11 is 0. The molecule has 6 aliphatic rings. The van der Waals surface area contributed by atoms with Gasteiger partial charge in [-0.15, -0.1) is 0 Å². The Bertz CT molecular complexity index is 944. The number of hydrogen-bond donors (Lipinski definition) is 2. The molecule has 0 bridgehead atoms. The zero-order chi connectivity index (χ0) is 27.0. The van der Waals surface area contributed by atoms with Gasteiger partial charge in [-0.3, -0.25) is 14.9 Å². The number of carbonyl (C=O) groups is 2. The SMILES string of the molecule is C[C@H]1CC[C@@]2(NC1)O[C@H]1C[C@H]3[C@@H]4CC[C@@H]5C[C@H](NC(=O)CCN(C)C)CC[C@]5(C)[C@H]4CC(=O)[C@]3(C)[C@H]1[C@@H]2C. The number of ketones is 1. The Morgan fingerprint density at radius 3 is 2.58 bits per heavy atom. The molecule has 2 saturated heterocycles. The number of rotatable bonds is 4. The first-order valence-electron chi connectivity index (χ1n) is 15.9. The summed E-state index contributed by atoms with van der Waals surface area (Å²) in [5.41, 5.74) is -0.233. The van der Waals surface area contributed by atoms with Gasteiger partial charge >= 0.3 is 0 Å². The lowest BCUT2D eigenvalue weighted by Gasteiger charge is -2.60. The van der Waals surface area contributed by atoms with E-state index in [0.29, 0.717) is 59.7 Å². The molecular formula is C32H53N3O3. The topological polar surface area (TPSA) is 70.7 Å². The molecule has 0 aromatic rings. The third kappa shape index (κ3) is 4.05. The van der Waals surface area contributed by atoms with Gasteiger partial charge in [0.15, 0.2) is 0 Å². The predicted octanol–water partition coefficient (Wildman–Crippen LogP) is 4.62. The second kappa shape index (κ2) is 9.55. The van der Waals surface area contributed by atoms with Crippen molar-refractivity contribution >= 4 is 11.7 Å². The minimum atomic E-state index is -0.236. The second-order valence-electron chi connectivity index (χ2n) is 15.3. The molecule has 6 nitrogen and oxygen atoms in total. The maximum Gasteiger partial charge on any atom is 0.221 e. The van der Waals surface area contributed by atoms with Crippen LogP contribution in [0.3, 0.4) is 0 Å². The molecule has 0 radical (unpaired) electrons. The van der Waals surface area contributed by atoms with Crippen molar-refractivity contribution < 1.29 is 14.3 Å². The van der Waals surface area contributed by atoms with Gasteiger partial charge in [0.2, 0.25) is 5.91 Å². The number of amides is 1. The van der Waals surface area contributed by atoms with Gasteiger partial charge in [0, 0.05) is 49.2 Å². The molecule has 4 saturated carbocycles. The highest BCUT2D eigenvalue weighted by atomic mass is 16.5. The smallest absolute Gasteiger partial charge is 0.221 e. The number of Topliss-reactive ketones (excluding diaryl/α,β-unsaturated/α-hetero) is 1. The first kappa shape index (κ1) is 27.2. The van der Waals surface area contributed by atoms with Crippen LogP contribution in [-0.4, -0.2) is 61.6 Å². The molecule has 0 unspecified atom stereocenters. The van der Waals surface area contributed by atoms with Crippen LogP contribution in [0.25, 0.3) is 0 Å². The van der Waals surface area contributed by atoms with Gasteiger partial charge in [0.05, 0.1) is 6.10 Å².